The van der Waals surface area contributed by atoms with Gasteiger partial charge in [-0.25, -0.2) is 8.78 Å². The molecule has 8 heteroatoms. The van der Waals surface area contributed by atoms with E-state index in [0.717, 1.165) is 0 Å². The highest BCUT2D eigenvalue weighted by Gasteiger charge is 2.61. The van der Waals surface area contributed by atoms with Gasteiger partial charge in [0.1, 0.15) is 5.92 Å². The second-order valence-electron chi connectivity index (χ2n) is 4.98. The maximum Gasteiger partial charge on any atom is 0.260 e. The Morgan fingerprint density at radius 3 is 2.72 bits per heavy atom. The van der Waals surface area contributed by atoms with Crippen LogP contribution in [0.3, 0.4) is 0 Å². The number of nitrogens with zero attached hydrogens (tertiary/aromatic N) is 3. The van der Waals surface area contributed by atoms with Crippen LogP contribution in [0.5, 0.6) is 0 Å². The number of aromatic nitrogens is 4. The van der Waals surface area contributed by atoms with E-state index in [1.165, 1.54) is 0 Å². The fourth-order valence-corrected chi connectivity index (χ4v) is 1.79. The zero-order valence-electron chi connectivity index (χ0n) is 10.2. The minimum atomic E-state index is -2.86. The van der Waals surface area contributed by atoms with E-state index in [1.807, 2.05) is 13.8 Å². The number of hydrogen-bond acceptors (Lipinski definition) is 4. The van der Waals surface area contributed by atoms with Gasteiger partial charge in [0, 0.05) is 6.42 Å². The second-order valence-corrected chi connectivity index (χ2v) is 4.98. The van der Waals surface area contributed by atoms with E-state index < -0.39 is 23.8 Å². The number of hydrogen-bond donors (Lipinski definition) is 2. The predicted octanol–water partition coefficient (Wildman–Crippen LogP) is 1.06. The Bertz CT molecular complexity index is 420. The maximum atomic E-state index is 12.8. The standard InChI is InChI=1S/C10H15F2N5O/c1-5(2)3-7(8-14-16-17-15-8)13-9(18)6-4-10(6,11)12/h5-7H,3-4H2,1-2H3,(H,13,18)(H,14,15,16,17). The number of amides is 1. The van der Waals surface area contributed by atoms with E-state index in [-0.39, 0.29) is 12.3 Å². The van der Waals surface area contributed by atoms with Crippen molar-refractivity contribution < 1.29 is 13.6 Å². The van der Waals surface area contributed by atoms with Crippen LogP contribution >= 0.6 is 0 Å². The van der Waals surface area contributed by atoms with Crippen molar-refractivity contribution in [3.8, 4) is 0 Å². The monoisotopic (exact) mass is 259 g/mol. The van der Waals surface area contributed by atoms with Crippen LogP contribution in [0, 0.1) is 11.8 Å². The Labute approximate surface area is 103 Å². The van der Waals surface area contributed by atoms with E-state index in [4.69, 9.17) is 0 Å². The molecule has 0 radical (unpaired) electrons. The number of halogens is 2. The summed E-state index contributed by atoms with van der Waals surface area (Å²) < 4.78 is 25.6. The number of carbonyl (C=O) groups excluding carboxylic acids is 1. The molecule has 1 fully saturated rings. The lowest BCUT2D eigenvalue weighted by atomic mass is 10.0. The summed E-state index contributed by atoms with van der Waals surface area (Å²) in [7, 11) is 0. The van der Waals surface area contributed by atoms with E-state index in [1.54, 1.807) is 0 Å². The minimum Gasteiger partial charge on any atom is -0.345 e. The zero-order valence-corrected chi connectivity index (χ0v) is 10.2. The van der Waals surface area contributed by atoms with Crippen LogP contribution < -0.4 is 5.32 Å². The lowest BCUT2D eigenvalue weighted by molar-refractivity contribution is -0.125. The average molecular weight is 259 g/mol. The SMILES string of the molecule is CC(C)CC(NC(=O)C1CC1(F)F)c1nn[nH]n1. The Hall–Kier alpha value is -1.60. The molecular formula is C10H15F2N5O. The lowest BCUT2D eigenvalue weighted by Gasteiger charge is -2.17. The van der Waals surface area contributed by atoms with Crippen molar-refractivity contribution in [3.63, 3.8) is 0 Å². The van der Waals surface area contributed by atoms with Gasteiger partial charge in [0.15, 0.2) is 5.82 Å². The molecule has 2 N–H and O–H groups in total. The molecule has 1 amide bonds. The Morgan fingerprint density at radius 2 is 2.28 bits per heavy atom. The third-order valence-electron chi connectivity index (χ3n) is 2.84. The van der Waals surface area contributed by atoms with Gasteiger partial charge in [0.2, 0.25) is 5.91 Å². The summed E-state index contributed by atoms with van der Waals surface area (Å²) in [6.45, 7) is 3.93. The quantitative estimate of drug-likeness (QED) is 0.828. The number of alkyl halides is 2. The highest BCUT2D eigenvalue weighted by atomic mass is 19.3. The van der Waals surface area contributed by atoms with Gasteiger partial charge in [-0.3, -0.25) is 4.79 Å². The Kier molecular flexibility index (Phi) is 3.27. The van der Waals surface area contributed by atoms with Crippen molar-refractivity contribution in [2.75, 3.05) is 0 Å². The summed E-state index contributed by atoms with van der Waals surface area (Å²) >= 11 is 0. The first-order valence-electron chi connectivity index (χ1n) is 5.81. The van der Waals surface area contributed by atoms with Gasteiger partial charge in [0.05, 0.1) is 6.04 Å². The third kappa shape index (κ3) is 2.80. The normalized spacial score (nSPS) is 22.8. The van der Waals surface area contributed by atoms with Crippen molar-refractivity contribution in [3.05, 3.63) is 5.82 Å². The van der Waals surface area contributed by atoms with Gasteiger partial charge in [-0.05, 0) is 12.3 Å². The summed E-state index contributed by atoms with van der Waals surface area (Å²) in [6.07, 6.45) is 0.197. The first-order chi connectivity index (χ1) is 8.40. The first-order valence-corrected chi connectivity index (χ1v) is 5.81. The zero-order chi connectivity index (χ0) is 13.3. The van der Waals surface area contributed by atoms with Gasteiger partial charge >= 0.3 is 0 Å². The largest absolute Gasteiger partial charge is 0.345 e. The fourth-order valence-electron chi connectivity index (χ4n) is 1.79. The molecule has 0 saturated heterocycles. The molecule has 1 aliphatic carbocycles. The number of tetrazole rings is 1. The molecule has 0 spiro atoms. The highest BCUT2D eigenvalue weighted by molar-refractivity contribution is 5.83. The number of H-pyrrole nitrogens is 1. The van der Waals surface area contributed by atoms with Crippen LogP contribution in [0.25, 0.3) is 0 Å². The Balaban J connectivity index is 2.00. The molecule has 2 unspecified atom stereocenters. The van der Waals surface area contributed by atoms with Crippen molar-refractivity contribution in [1.29, 1.82) is 0 Å². The molecule has 1 heterocycles. The van der Waals surface area contributed by atoms with Crippen molar-refractivity contribution >= 4 is 5.91 Å². The smallest absolute Gasteiger partial charge is 0.260 e. The summed E-state index contributed by atoms with van der Waals surface area (Å²) in [5.74, 6) is -4.12. The van der Waals surface area contributed by atoms with Crippen LogP contribution in [-0.2, 0) is 4.79 Å². The summed E-state index contributed by atoms with van der Waals surface area (Å²) in [5.41, 5.74) is 0. The minimum absolute atomic E-state index is 0.272. The van der Waals surface area contributed by atoms with E-state index in [9.17, 15) is 13.6 Å². The molecule has 1 saturated carbocycles. The molecule has 6 nitrogen and oxygen atoms in total. The van der Waals surface area contributed by atoms with Crippen LogP contribution in [-0.4, -0.2) is 32.5 Å². The molecule has 1 aliphatic rings. The van der Waals surface area contributed by atoms with E-state index in [2.05, 4.69) is 25.9 Å². The molecule has 0 aromatic carbocycles. The molecule has 100 valence electrons. The molecule has 0 bridgehead atoms. The number of aromatic amines is 1. The highest BCUT2D eigenvalue weighted by Crippen LogP contribution is 2.48. The molecular weight excluding hydrogens is 244 g/mol. The predicted molar refractivity (Wildman–Crippen MR) is 57.6 cm³/mol. The van der Waals surface area contributed by atoms with Crippen molar-refractivity contribution in [2.45, 2.75) is 38.7 Å². The molecule has 18 heavy (non-hydrogen) atoms. The van der Waals surface area contributed by atoms with Crippen LogP contribution in [0.4, 0.5) is 8.78 Å². The fraction of sp³-hybridized carbons (Fsp3) is 0.800. The third-order valence-corrected chi connectivity index (χ3v) is 2.84. The maximum absolute atomic E-state index is 12.8. The molecule has 0 aliphatic heterocycles. The topological polar surface area (TPSA) is 83.6 Å². The number of carbonyl (C=O) groups is 1. The first kappa shape index (κ1) is 12.8. The summed E-state index contributed by atoms with van der Waals surface area (Å²) in [6, 6.07) is -0.479. The average Bonchev–Trinajstić information content (AvgIpc) is 2.72. The van der Waals surface area contributed by atoms with E-state index in [0.29, 0.717) is 12.2 Å². The summed E-state index contributed by atoms with van der Waals surface area (Å²) in [4.78, 5) is 11.6. The van der Waals surface area contributed by atoms with Crippen LogP contribution in [0.15, 0.2) is 0 Å². The van der Waals surface area contributed by atoms with Gasteiger partial charge < -0.3 is 5.32 Å². The molecule has 1 aromatic rings. The number of nitrogens with one attached hydrogen (secondary N) is 2. The molecule has 2 atom stereocenters. The molecule has 1 aromatic heterocycles. The van der Waals surface area contributed by atoms with E-state index >= 15 is 0 Å². The second kappa shape index (κ2) is 4.58. The number of rotatable bonds is 5. The summed E-state index contributed by atoms with van der Waals surface area (Å²) in [5, 5.41) is 15.8. The van der Waals surface area contributed by atoms with Gasteiger partial charge in [-0.2, -0.15) is 5.21 Å². The Morgan fingerprint density at radius 1 is 1.61 bits per heavy atom. The van der Waals surface area contributed by atoms with Crippen LogP contribution in [0.1, 0.15) is 38.6 Å². The van der Waals surface area contributed by atoms with Gasteiger partial charge in [-0.15, -0.1) is 10.2 Å². The van der Waals surface area contributed by atoms with Crippen molar-refractivity contribution in [2.24, 2.45) is 11.8 Å². The van der Waals surface area contributed by atoms with Gasteiger partial charge in [-0.1, -0.05) is 19.1 Å². The molecule has 2 rings (SSSR count). The lowest BCUT2D eigenvalue weighted by Crippen LogP contribution is -2.32. The van der Waals surface area contributed by atoms with Gasteiger partial charge in [0.25, 0.3) is 5.92 Å². The van der Waals surface area contributed by atoms with Crippen molar-refractivity contribution in [1.82, 2.24) is 25.9 Å². The van der Waals surface area contributed by atoms with Crippen LogP contribution in [0.2, 0.25) is 0 Å².